The summed E-state index contributed by atoms with van der Waals surface area (Å²) < 4.78 is 18.9. The van der Waals surface area contributed by atoms with Crippen molar-refractivity contribution in [3.63, 3.8) is 0 Å². The first-order valence-corrected chi connectivity index (χ1v) is 8.70. The summed E-state index contributed by atoms with van der Waals surface area (Å²) in [5.41, 5.74) is 2.96. The third-order valence-corrected chi connectivity index (χ3v) is 4.98. The normalized spacial score (nSPS) is 18.6. The van der Waals surface area contributed by atoms with Crippen LogP contribution >= 0.6 is 11.3 Å². The van der Waals surface area contributed by atoms with Gasteiger partial charge < -0.3 is 4.42 Å². The summed E-state index contributed by atoms with van der Waals surface area (Å²) in [5, 5.41) is 4.36. The Morgan fingerprint density at radius 2 is 2.30 bits per heavy atom. The van der Waals surface area contributed by atoms with Gasteiger partial charge in [0.25, 0.3) is 0 Å². The number of hydrogen-bond donors (Lipinski definition) is 0. The maximum atomic E-state index is 13.3. The van der Waals surface area contributed by atoms with Crippen molar-refractivity contribution >= 4 is 11.3 Å². The molecule has 3 nitrogen and oxygen atoms in total. The second-order valence-electron chi connectivity index (χ2n) is 5.84. The summed E-state index contributed by atoms with van der Waals surface area (Å²) in [5.74, 6) is 0.199. The molecular formula is C18H17FN2OS. The first-order chi connectivity index (χ1) is 11.3. The van der Waals surface area contributed by atoms with E-state index in [1.807, 2.05) is 6.07 Å². The second kappa shape index (κ2) is 6.26. The van der Waals surface area contributed by atoms with Gasteiger partial charge >= 0.3 is 0 Å². The van der Waals surface area contributed by atoms with Crippen LogP contribution in [0.2, 0.25) is 0 Å². The molecule has 0 unspecified atom stereocenters. The predicted octanol–water partition coefficient (Wildman–Crippen LogP) is 4.88. The SMILES string of the molecule is Fc1cccc(-c2nc(CN3CCC[C@@H]3c3ccsc3)co2)c1. The Bertz CT molecular complexity index is 784. The highest BCUT2D eigenvalue weighted by Crippen LogP contribution is 2.34. The van der Waals surface area contributed by atoms with E-state index in [0.717, 1.165) is 18.8 Å². The highest BCUT2D eigenvalue weighted by molar-refractivity contribution is 7.07. The molecule has 0 amide bonds. The number of nitrogens with zero attached hydrogens (tertiary/aromatic N) is 2. The van der Waals surface area contributed by atoms with Crippen molar-refractivity contribution < 1.29 is 8.81 Å². The molecule has 1 fully saturated rings. The van der Waals surface area contributed by atoms with Gasteiger partial charge in [-0.05, 0) is 60.0 Å². The number of hydrogen-bond acceptors (Lipinski definition) is 4. The van der Waals surface area contributed by atoms with E-state index < -0.39 is 0 Å². The monoisotopic (exact) mass is 328 g/mol. The van der Waals surface area contributed by atoms with E-state index in [-0.39, 0.29) is 5.82 Å². The highest BCUT2D eigenvalue weighted by Gasteiger charge is 2.27. The smallest absolute Gasteiger partial charge is 0.226 e. The third kappa shape index (κ3) is 3.07. The van der Waals surface area contributed by atoms with Gasteiger partial charge in [0.2, 0.25) is 5.89 Å². The van der Waals surface area contributed by atoms with E-state index in [1.165, 1.54) is 30.5 Å². The topological polar surface area (TPSA) is 29.3 Å². The number of likely N-dealkylation sites (tertiary alicyclic amines) is 1. The molecule has 1 aromatic carbocycles. The molecule has 4 rings (SSSR count). The molecule has 2 aromatic heterocycles. The number of thiophene rings is 1. The van der Waals surface area contributed by atoms with Crippen LogP contribution < -0.4 is 0 Å². The number of benzene rings is 1. The zero-order valence-electron chi connectivity index (χ0n) is 12.6. The molecule has 0 saturated carbocycles. The summed E-state index contributed by atoms with van der Waals surface area (Å²) in [6, 6.07) is 9.01. The Labute approximate surface area is 138 Å². The minimum atomic E-state index is -0.278. The van der Waals surface area contributed by atoms with Crippen LogP contribution in [0.25, 0.3) is 11.5 Å². The lowest BCUT2D eigenvalue weighted by atomic mass is 10.1. The molecule has 5 heteroatoms. The Hall–Kier alpha value is -1.98. The fourth-order valence-electron chi connectivity index (χ4n) is 3.20. The lowest BCUT2D eigenvalue weighted by molar-refractivity contribution is 0.246. The van der Waals surface area contributed by atoms with E-state index in [2.05, 4.69) is 26.7 Å². The zero-order chi connectivity index (χ0) is 15.6. The molecule has 3 aromatic rings. The predicted molar refractivity (Wildman–Crippen MR) is 88.6 cm³/mol. The highest BCUT2D eigenvalue weighted by atomic mass is 32.1. The van der Waals surface area contributed by atoms with Gasteiger partial charge in [0, 0.05) is 18.2 Å². The van der Waals surface area contributed by atoms with Crippen LogP contribution in [0, 0.1) is 5.82 Å². The van der Waals surface area contributed by atoms with E-state index in [9.17, 15) is 4.39 Å². The average Bonchev–Trinajstić information content (AvgIpc) is 3.29. The maximum absolute atomic E-state index is 13.3. The van der Waals surface area contributed by atoms with Crippen LogP contribution in [0.3, 0.4) is 0 Å². The summed E-state index contributed by atoms with van der Waals surface area (Å²) >= 11 is 1.74. The molecule has 0 bridgehead atoms. The number of aromatic nitrogens is 1. The number of oxazole rings is 1. The van der Waals surface area contributed by atoms with Crippen LogP contribution in [-0.4, -0.2) is 16.4 Å². The molecule has 1 aliphatic rings. The van der Waals surface area contributed by atoms with E-state index in [0.29, 0.717) is 17.5 Å². The lowest BCUT2D eigenvalue weighted by Crippen LogP contribution is -2.22. The Morgan fingerprint density at radius 1 is 1.35 bits per heavy atom. The molecule has 23 heavy (non-hydrogen) atoms. The molecule has 1 atom stereocenters. The van der Waals surface area contributed by atoms with Crippen molar-refractivity contribution in [3.05, 3.63) is 64.4 Å². The number of halogens is 1. The summed E-state index contributed by atoms with van der Waals surface area (Å²) in [4.78, 5) is 6.97. The van der Waals surface area contributed by atoms with Crippen molar-refractivity contribution in [3.8, 4) is 11.5 Å². The molecule has 1 saturated heterocycles. The van der Waals surface area contributed by atoms with Crippen molar-refractivity contribution in [2.75, 3.05) is 6.54 Å². The fraction of sp³-hybridized carbons (Fsp3) is 0.278. The molecular weight excluding hydrogens is 311 g/mol. The van der Waals surface area contributed by atoms with Crippen LogP contribution in [0.5, 0.6) is 0 Å². The fourth-order valence-corrected chi connectivity index (χ4v) is 3.91. The average molecular weight is 328 g/mol. The van der Waals surface area contributed by atoms with Gasteiger partial charge in [-0.25, -0.2) is 9.37 Å². The summed E-state index contributed by atoms with van der Waals surface area (Å²) in [7, 11) is 0. The van der Waals surface area contributed by atoms with Gasteiger partial charge in [0.1, 0.15) is 12.1 Å². The Morgan fingerprint density at radius 3 is 3.13 bits per heavy atom. The lowest BCUT2D eigenvalue weighted by Gasteiger charge is -2.22. The Kier molecular flexibility index (Phi) is 3.97. The van der Waals surface area contributed by atoms with Crippen molar-refractivity contribution in [2.45, 2.75) is 25.4 Å². The molecule has 0 spiro atoms. The van der Waals surface area contributed by atoms with E-state index in [1.54, 1.807) is 23.7 Å². The standard InChI is InChI=1S/C18H17FN2OS/c19-15-4-1-3-13(9-15)18-20-16(11-22-18)10-21-7-2-5-17(21)14-6-8-23-12-14/h1,3-4,6,8-9,11-12,17H,2,5,7,10H2/t17-/m1/s1. The van der Waals surface area contributed by atoms with Gasteiger partial charge in [0.15, 0.2) is 0 Å². The van der Waals surface area contributed by atoms with Crippen molar-refractivity contribution in [1.82, 2.24) is 9.88 Å². The van der Waals surface area contributed by atoms with Crippen LogP contribution in [-0.2, 0) is 6.54 Å². The van der Waals surface area contributed by atoms with Crippen LogP contribution in [0.15, 0.2) is 51.8 Å². The van der Waals surface area contributed by atoms with Gasteiger partial charge in [0.05, 0.1) is 5.69 Å². The molecule has 0 N–H and O–H groups in total. The van der Waals surface area contributed by atoms with Crippen LogP contribution in [0.1, 0.15) is 30.1 Å². The van der Waals surface area contributed by atoms with E-state index >= 15 is 0 Å². The van der Waals surface area contributed by atoms with Gasteiger partial charge in [-0.1, -0.05) is 6.07 Å². The quantitative estimate of drug-likeness (QED) is 0.683. The molecule has 3 heterocycles. The van der Waals surface area contributed by atoms with Gasteiger partial charge in [-0.3, -0.25) is 4.90 Å². The molecule has 118 valence electrons. The van der Waals surface area contributed by atoms with Gasteiger partial charge in [-0.15, -0.1) is 0 Å². The molecule has 0 aliphatic carbocycles. The van der Waals surface area contributed by atoms with Gasteiger partial charge in [-0.2, -0.15) is 11.3 Å². The first kappa shape index (κ1) is 14.6. The second-order valence-corrected chi connectivity index (χ2v) is 6.62. The largest absolute Gasteiger partial charge is 0.444 e. The first-order valence-electron chi connectivity index (χ1n) is 7.76. The summed E-state index contributed by atoms with van der Waals surface area (Å²) in [6.45, 7) is 1.84. The zero-order valence-corrected chi connectivity index (χ0v) is 13.4. The third-order valence-electron chi connectivity index (χ3n) is 4.28. The minimum Gasteiger partial charge on any atom is -0.444 e. The molecule has 0 radical (unpaired) electrons. The minimum absolute atomic E-state index is 0.278. The van der Waals surface area contributed by atoms with E-state index in [4.69, 9.17) is 4.42 Å². The molecule has 1 aliphatic heterocycles. The number of rotatable bonds is 4. The Balaban J connectivity index is 1.51. The maximum Gasteiger partial charge on any atom is 0.226 e. The van der Waals surface area contributed by atoms with Crippen molar-refractivity contribution in [1.29, 1.82) is 0 Å². The van der Waals surface area contributed by atoms with Crippen molar-refractivity contribution in [2.24, 2.45) is 0 Å². The van der Waals surface area contributed by atoms with Crippen LogP contribution in [0.4, 0.5) is 4.39 Å². The summed E-state index contributed by atoms with van der Waals surface area (Å²) in [6.07, 6.45) is 4.07.